The molecule has 0 saturated heterocycles. The first-order valence-electron chi connectivity index (χ1n) is 5.51. The highest BCUT2D eigenvalue weighted by atomic mass is 32.2. The number of hydrogen-bond donors (Lipinski definition) is 2. The minimum Gasteiger partial charge on any atom is -0.454 e. The van der Waals surface area contributed by atoms with Crippen molar-refractivity contribution in [2.75, 3.05) is 5.73 Å². The van der Waals surface area contributed by atoms with Crippen molar-refractivity contribution >= 4 is 15.7 Å². The van der Waals surface area contributed by atoms with Gasteiger partial charge in [-0.2, -0.15) is 5.26 Å². The summed E-state index contributed by atoms with van der Waals surface area (Å²) >= 11 is 0. The van der Waals surface area contributed by atoms with Crippen molar-refractivity contribution in [2.45, 2.75) is 4.90 Å². The topological polar surface area (TPSA) is 119 Å². The van der Waals surface area contributed by atoms with Gasteiger partial charge in [-0.3, -0.25) is 0 Å². The Kier molecular flexibility index (Phi) is 3.61. The number of para-hydroxylation sites is 1. The summed E-state index contributed by atoms with van der Waals surface area (Å²) in [4.78, 5) is -0.321. The van der Waals surface area contributed by atoms with Gasteiger partial charge in [-0.05, 0) is 24.3 Å². The number of ether oxygens (including phenoxy) is 1. The molecule has 0 fully saturated rings. The van der Waals surface area contributed by atoms with Crippen LogP contribution in [0.25, 0.3) is 0 Å². The van der Waals surface area contributed by atoms with Gasteiger partial charge in [0.2, 0.25) is 10.0 Å². The van der Waals surface area contributed by atoms with Gasteiger partial charge in [-0.25, -0.2) is 13.6 Å². The summed E-state index contributed by atoms with van der Waals surface area (Å²) < 4.78 is 28.7. The molecule has 0 saturated carbocycles. The molecule has 2 aromatic rings. The third-order valence-electron chi connectivity index (χ3n) is 2.48. The average Bonchev–Trinajstić information content (AvgIpc) is 2.40. The average molecular weight is 289 g/mol. The summed E-state index contributed by atoms with van der Waals surface area (Å²) in [5.74, 6) is 0.325. The minimum absolute atomic E-state index is 0.0249. The Morgan fingerprint density at radius 1 is 1.15 bits per heavy atom. The second-order valence-corrected chi connectivity index (χ2v) is 5.49. The van der Waals surface area contributed by atoms with Crippen molar-refractivity contribution in [3.8, 4) is 17.6 Å². The standard InChI is InChI=1S/C13H11N3O3S/c14-8-9-6-11(15)13(12(7-9)20(16,17)18)19-10-4-2-1-3-5-10/h1-7H,15H2,(H2,16,17,18). The Labute approximate surface area is 116 Å². The second-order valence-electron chi connectivity index (χ2n) is 3.96. The van der Waals surface area contributed by atoms with E-state index in [4.69, 9.17) is 20.9 Å². The molecule has 0 aromatic heterocycles. The normalized spacial score (nSPS) is 10.8. The van der Waals surface area contributed by atoms with Gasteiger partial charge in [0.05, 0.1) is 17.3 Å². The lowest BCUT2D eigenvalue weighted by molar-refractivity contribution is 0.470. The van der Waals surface area contributed by atoms with E-state index in [2.05, 4.69) is 0 Å². The van der Waals surface area contributed by atoms with Crippen molar-refractivity contribution in [2.24, 2.45) is 5.14 Å². The zero-order chi connectivity index (χ0) is 14.8. The molecule has 20 heavy (non-hydrogen) atoms. The van der Waals surface area contributed by atoms with Crippen molar-refractivity contribution in [1.82, 2.24) is 0 Å². The molecule has 0 atom stereocenters. The van der Waals surface area contributed by atoms with E-state index in [1.807, 2.05) is 6.07 Å². The summed E-state index contributed by atoms with van der Waals surface area (Å²) in [6.07, 6.45) is 0. The molecule has 0 aliphatic heterocycles. The maximum absolute atomic E-state index is 11.6. The fourth-order valence-corrected chi connectivity index (χ4v) is 2.32. The molecule has 102 valence electrons. The van der Waals surface area contributed by atoms with E-state index in [-0.39, 0.29) is 21.9 Å². The van der Waals surface area contributed by atoms with Crippen LogP contribution >= 0.6 is 0 Å². The van der Waals surface area contributed by atoms with E-state index in [0.29, 0.717) is 5.75 Å². The van der Waals surface area contributed by atoms with Crippen molar-refractivity contribution < 1.29 is 13.2 Å². The fourth-order valence-electron chi connectivity index (χ4n) is 1.62. The van der Waals surface area contributed by atoms with E-state index in [1.165, 1.54) is 6.07 Å². The maximum atomic E-state index is 11.6. The zero-order valence-electron chi connectivity index (χ0n) is 10.3. The molecule has 7 heteroatoms. The van der Waals surface area contributed by atoms with Crippen LogP contribution in [-0.4, -0.2) is 8.42 Å². The molecule has 6 nitrogen and oxygen atoms in total. The van der Waals surface area contributed by atoms with Crippen LogP contribution in [0.15, 0.2) is 47.4 Å². The van der Waals surface area contributed by atoms with Crippen LogP contribution in [0.5, 0.6) is 11.5 Å². The summed E-state index contributed by atoms with van der Waals surface area (Å²) in [5.41, 5.74) is 5.86. The highest BCUT2D eigenvalue weighted by Gasteiger charge is 2.20. The highest BCUT2D eigenvalue weighted by molar-refractivity contribution is 7.89. The zero-order valence-corrected chi connectivity index (χ0v) is 11.1. The van der Waals surface area contributed by atoms with Crippen LogP contribution < -0.4 is 15.6 Å². The summed E-state index contributed by atoms with van der Waals surface area (Å²) in [6, 6.07) is 12.8. The van der Waals surface area contributed by atoms with Gasteiger partial charge in [0, 0.05) is 0 Å². The molecule has 2 aromatic carbocycles. The van der Waals surface area contributed by atoms with Crippen LogP contribution in [-0.2, 0) is 10.0 Å². The quantitative estimate of drug-likeness (QED) is 0.831. The van der Waals surface area contributed by atoms with Crippen molar-refractivity contribution in [3.05, 3.63) is 48.0 Å². The lowest BCUT2D eigenvalue weighted by atomic mass is 10.2. The number of nitrogens with two attached hydrogens (primary N) is 2. The number of hydrogen-bond acceptors (Lipinski definition) is 5. The van der Waals surface area contributed by atoms with Crippen LogP contribution in [0, 0.1) is 11.3 Å². The molecule has 0 radical (unpaired) electrons. The molecule has 0 spiro atoms. The van der Waals surface area contributed by atoms with Gasteiger partial charge in [0.1, 0.15) is 10.6 Å². The second kappa shape index (κ2) is 5.21. The van der Waals surface area contributed by atoms with Gasteiger partial charge < -0.3 is 10.5 Å². The van der Waals surface area contributed by atoms with Crippen molar-refractivity contribution in [3.63, 3.8) is 0 Å². The monoisotopic (exact) mass is 289 g/mol. The predicted molar refractivity (Wildman–Crippen MR) is 73.5 cm³/mol. The molecular weight excluding hydrogens is 278 g/mol. The Bertz CT molecular complexity index is 780. The number of rotatable bonds is 3. The van der Waals surface area contributed by atoms with Crippen molar-refractivity contribution in [1.29, 1.82) is 5.26 Å². The molecular formula is C13H11N3O3S. The summed E-state index contributed by atoms with van der Waals surface area (Å²) in [6.45, 7) is 0. The third kappa shape index (κ3) is 2.88. The first-order chi connectivity index (χ1) is 9.41. The largest absolute Gasteiger partial charge is 0.454 e. The minimum atomic E-state index is -4.06. The highest BCUT2D eigenvalue weighted by Crippen LogP contribution is 2.34. The van der Waals surface area contributed by atoms with E-state index in [9.17, 15) is 8.42 Å². The third-order valence-corrected chi connectivity index (χ3v) is 3.40. The number of benzene rings is 2. The molecule has 0 heterocycles. The first-order valence-corrected chi connectivity index (χ1v) is 7.06. The van der Waals surface area contributed by atoms with Crippen LogP contribution in [0.4, 0.5) is 5.69 Å². The SMILES string of the molecule is N#Cc1cc(N)c(Oc2ccccc2)c(S(N)(=O)=O)c1. The molecule has 0 bridgehead atoms. The number of anilines is 1. The van der Waals surface area contributed by atoms with E-state index in [1.54, 1.807) is 30.3 Å². The number of nitriles is 1. The predicted octanol–water partition coefficient (Wildman–Crippen LogP) is 1.58. The van der Waals surface area contributed by atoms with Crippen LogP contribution in [0.3, 0.4) is 0 Å². The van der Waals surface area contributed by atoms with E-state index < -0.39 is 10.0 Å². The van der Waals surface area contributed by atoms with Gasteiger partial charge in [-0.1, -0.05) is 18.2 Å². The smallest absolute Gasteiger partial charge is 0.241 e. The Morgan fingerprint density at radius 2 is 1.80 bits per heavy atom. The van der Waals surface area contributed by atoms with Gasteiger partial charge >= 0.3 is 0 Å². The molecule has 0 aliphatic rings. The van der Waals surface area contributed by atoms with E-state index >= 15 is 0 Å². The molecule has 0 amide bonds. The Morgan fingerprint density at radius 3 is 2.35 bits per heavy atom. The number of nitrogens with zero attached hydrogens (tertiary/aromatic N) is 1. The van der Waals surface area contributed by atoms with Crippen LogP contribution in [0.2, 0.25) is 0 Å². The number of sulfonamides is 1. The van der Waals surface area contributed by atoms with Gasteiger partial charge in [0.15, 0.2) is 5.75 Å². The Hall–Kier alpha value is -2.56. The summed E-state index contributed by atoms with van der Waals surface area (Å²) in [7, 11) is -4.06. The fraction of sp³-hybridized carbons (Fsp3) is 0. The van der Waals surface area contributed by atoms with E-state index in [0.717, 1.165) is 6.07 Å². The first kappa shape index (κ1) is 13.9. The molecule has 2 rings (SSSR count). The maximum Gasteiger partial charge on any atom is 0.241 e. The summed E-state index contributed by atoms with van der Waals surface area (Å²) in [5, 5.41) is 14.0. The number of primary sulfonamides is 1. The molecule has 0 unspecified atom stereocenters. The Balaban J connectivity index is 2.61. The molecule has 4 N–H and O–H groups in total. The lowest BCUT2D eigenvalue weighted by Gasteiger charge is -2.12. The molecule has 0 aliphatic carbocycles. The lowest BCUT2D eigenvalue weighted by Crippen LogP contribution is -2.14. The van der Waals surface area contributed by atoms with Crippen LogP contribution in [0.1, 0.15) is 5.56 Å². The van der Waals surface area contributed by atoms with Gasteiger partial charge in [-0.15, -0.1) is 0 Å². The number of nitrogen functional groups attached to an aromatic ring is 1. The van der Waals surface area contributed by atoms with Gasteiger partial charge in [0.25, 0.3) is 0 Å².